The van der Waals surface area contributed by atoms with Crippen LogP contribution >= 0.6 is 0 Å². The average molecular weight is 333 g/mol. The van der Waals surface area contributed by atoms with Gasteiger partial charge in [-0.05, 0) is 55.0 Å². The summed E-state index contributed by atoms with van der Waals surface area (Å²) < 4.78 is 10.4. The Morgan fingerprint density at radius 3 is 2.40 bits per heavy atom. The number of rotatable bonds is 5. The van der Waals surface area contributed by atoms with E-state index in [1.54, 1.807) is 44.7 Å². The molecule has 2 aromatic carbocycles. The van der Waals surface area contributed by atoms with Gasteiger partial charge in [0.1, 0.15) is 11.5 Å². The molecular weight excluding hydrogens is 314 g/mol. The Morgan fingerprint density at radius 1 is 0.920 bits per heavy atom. The molecule has 0 radical (unpaired) electrons. The molecule has 0 bridgehead atoms. The van der Waals surface area contributed by atoms with Crippen molar-refractivity contribution in [3.8, 4) is 22.8 Å². The van der Waals surface area contributed by atoms with Crippen LogP contribution < -0.4 is 9.47 Å². The molecule has 4 heteroatoms. The largest absolute Gasteiger partial charge is 0.497 e. The molecule has 4 nitrogen and oxygen atoms in total. The van der Waals surface area contributed by atoms with Crippen molar-refractivity contribution < 1.29 is 14.3 Å². The minimum absolute atomic E-state index is 0.0798. The summed E-state index contributed by atoms with van der Waals surface area (Å²) in [6.45, 7) is 1.99. The van der Waals surface area contributed by atoms with Crippen LogP contribution in [0, 0.1) is 6.92 Å². The number of carbonyl (C=O) groups excluding carboxylic acids is 1. The fourth-order valence-electron chi connectivity index (χ4n) is 2.67. The predicted octanol–water partition coefficient (Wildman–Crippen LogP) is 4.31. The second kappa shape index (κ2) is 7.18. The van der Waals surface area contributed by atoms with E-state index in [1.165, 1.54) is 0 Å². The van der Waals surface area contributed by atoms with E-state index < -0.39 is 0 Å². The molecule has 0 atom stereocenters. The van der Waals surface area contributed by atoms with Crippen molar-refractivity contribution in [3.05, 3.63) is 77.5 Å². The summed E-state index contributed by atoms with van der Waals surface area (Å²) in [4.78, 5) is 17.0. The summed E-state index contributed by atoms with van der Waals surface area (Å²) in [6, 6.07) is 16.6. The molecular formula is C21H19NO3. The summed E-state index contributed by atoms with van der Waals surface area (Å²) in [5, 5.41) is 0. The Morgan fingerprint density at radius 2 is 1.76 bits per heavy atom. The number of aromatic nitrogens is 1. The zero-order valence-electron chi connectivity index (χ0n) is 14.4. The lowest BCUT2D eigenvalue weighted by Crippen LogP contribution is -2.02. The minimum Gasteiger partial charge on any atom is -0.497 e. The fraction of sp³-hybridized carbons (Fsp3) is 0.143. The molecule has 25 heavy (non-hydrogen) atoms. The third-order valence-corrected chi connectivity index (χ3v) is 4.05. The Balaban J connectivity index is 1.86. The van der Waals surface area contributed by atoms with Crippen molar-refractivity contribution >= 4 is 5.78 Å². The van der Waals surface area contributed by atoms with Gasteiger partial charge in [0, 0.05) is 22.9 Å². The SMILES string of the molecule is COc1cccc(C(=O)c2ccc(-c3ccc(OC)c(C)c3)nc2)c1. The highest BCUT2D eigenvalue weighted by atomic mass is 16.5. The maximum absolute atomic E-state index is 12.6. The van der Waals surface area contributed by atoms with E-state index in [2.05, 4.69) is 4.98 Å². The van der Waals surface area contributed by atoms with E-state index in [9.17, 15) is 4.79 Å². The number of benzene rings is 2. The zero-order valence-corrected chi connectivity index (χ0v) is 14.4. The highest BCUT2D eigenvalue weighted by Gasteiger charge is 2.11. The van der Waals surface area contributed by atoms with Gasteiger partial charge in [-0.15, -0.1) is 0 Å². The first-order chi connectivity index (χ1) is 12.1. The molecule has 0 amide bonds. The van der Waals surface area contributed by atoms with Crippen LogP contribution in [0.15, 0.2) is 60.8 Å². The number of ether oxygens (including phenoxy) is 2. The normalized spacial score (nSPS) is 10.4. The Labute approximate surface area is 147 Å². The number of nitrogens with zero attached hydrogens (tertiary/aromatic N) is 1. The van der Waals surface area contributed by atoms with Crippen LogP contribution in [0.25, 0.3) is 11.3 Å². The van der Waals surface area contributed by atoms with Crippen molar-refractivity contribution in [2.24, 2.45) is 0 Å². The fourth-order valence-corrected chi connectivity index (χ4v) is 2.67. The first-order valence-corrected chi connectivity index (χ1v) is 7.92. The number of hydrogen-bond donors (Lipinski definition) is 0. The molecule has 0 aliphatic carbocycles. The van der Waals surface area contributed by atoms with E-state index in [4.69, 9.17) is 9.47 Å². The van der Waals surface area contributed by atoms with Gasteiger partial charge in [0.15, 0.2) is 5.78 Å². The molecule has 3 rings (SSSR count). The van der Waals surface area contributed by atoms with E-state index in [0.29, 0.717) is 16.9 Å². The molecule has 0 aliphatic rings. The number of aryl methyl sites for hydroxylation is 1. The van der Waals surface area contributed by atoms with Crippen LogP contribution in [0.4, 0.5) is 0 Å². The van der Waals surface area contributed by atoms with Crippen LogP contribution in [-0.2, 0) is 0 Å². The Kier molecular flexibility index (Phi) is 4.80. The summed E-state index contributed by atoms with van der Waals surface area (Å²) in [7, 11) is 3.23. The summed E-state index contributed by atoms with van der Waals surface area (Å²) in [6.07, 6.45) is 1.61. The molecule has 0 unspecified atom stereocenters. The molecule has 3 aromatic rings. The van der Waals surface area contributed by atoms with Crippen LogP contribution in [0.2, 0.25) is 0 Å². The Bertz CT molecular complexity index is 901. The summed E-state index contributed by atoms with van der Waals surface area (Å²) >= 11 is 0. The van der Waals surface area contributed by atoms with Gasteiger partial charge in [-0.25, -0.2) is 0 Å². The highest BCUT2D eigenvalue weighted by Crippen LogP contribution is 2.25. The van der Waals surface area contributed by atoms with Crippen molar-refractivity contribution in [2.45, 2.75) is 6.92 Å². The third kappa shape index (κ3) is 3.53. The van der Waals surface area contributed by atoms with Gasteiger partial charge in [-0.3, -0.25) is 9.78 Å². The van der Waals surface area contributed by atoms with Crippen molar-refractivity contribution in [2.75, 3.05) is 14.2 Å². The smallest absolute Gasteiger partial charge is 0.194 e. The molecule has 0 spiro atoms. The molecule has 1 heterocycles. The van der Waals surface area contributed by atoms with E-state index >= 15 is 0 Å². The zero-order chi connectivity index (χ0) is 17.8. The quantitative estimate of drug-likeness (QED) is 0.653. The lowest BCUT2D eigenvalue weighted by molar-refractivity contribution is 0.103. The van der Waals surface area contributed by atoms with Crippen LogP contribution in [0.1, 0.15) is 21.5 Å². The van der Waals surface area contributed by atoms with Gasteiger partial charge < -0.3 is 9.47 Å². The van der Waals surface area contributed by atoms with Crippen molar-refractivity contribution in [1.82, 2.24) is 4.98 Å². The van der Waals surface area contributed by atoms with E-state index in [-0.39, 0.29) is 5.78 Å². The predicted molar refractivity (Wildman–Crippen MR) is 97.4 cm³/mol. The second-order valence-electron chi connectivity index (χ2n) is 5.68. The van der Waals surface area contributed by atoms with E-state index in [1.807, 2.05) is 37.3 Å². The van der Waals surface area contributed by atoms with Crippen molar-refractivity contribution in [1.29, 1.82) is 0 Å². The van der Waals surface area contributed by atoms with Gasteiger partial charge in [-0.2, -0.15) is 0 Å². The maximum atomic E-state index is 12.6. The lowest BCUT2D eigenvalue weighted by atomic mass is 10.0. The molecule has 126 valence electrons. The number of ketones is 1. The molecule has 0 fully saturated rings. The number of hydrogen-bond acceptors (Lipinski definition) is 4. The molecule has 1 aromatic heterocycles. The van der Waals surface area contributed by atoms with Crippen LogP contribution in [0.3, 0.4) is 0 Å². The molecule has 0 saturated carbocycles. The number of carbonyl (C=O) groups is 1. The van der Waals surface area contributed by atoms with Gasteiger partial charge >= 0.3 is 0 Å². The van der Waals surface area contributed by atoms with Crippen molar-refractivity contribution in [3.63, 3.8) is 0 Å². The minimum atomic E-state index is -0.0798. The van der Waals surface area contributed by atoms with Crippen LogP contribution in [-0.4, -0.2) is 25.0 Å². The maximum Gasteiger partial charge on any atom is 0.194 e. The summed E-state index contributed by atoms with van der Waals surface area (Å²) in [5.74, 6) is 1.42. The summed E-state index contributed by atoms with van der Waals surface area (Å²) in [5.41, 5.74) is 3.96. The first-order valence-electron chi connectivity index (χ1n) is 7.92. The van der Waals surface area contributed by atoms with Gasteiger partial charge in [0.2, 0.25) is 0 Å². The Hall–Kier alpha value is -3.14. The highest BCUT2D eigenvalue weighted by molar-refractivity contribution is 6.09. The van der Waals surface area contributed by atoms with Gasteiger partial charge in [-0.1, -0.05) is 12.1 Å². The monoisotopic (exact) mass is 333 g/mol. The molecule has 0 N–H and O–H groups in total. The average Bonchev–Trinajstić information content (AvgIpc) is 2.67. The second-order valence-corrected chi connectivity index (χ2v) is 5.68. The standard InChI is InChI=1S/C21H19NO3/c1-14-11-15(8-10-20(14)25-3)19-9-7-17(13-22-19)21(23)16-5-4-6-18(12-16)24-2/h4-13H,1-3H3. The van der Waals surface area contributed by atoms with E-state index in [0.717, 1.165) is 22.6 Å². The number of pyridine rings is 1. The number of methoxy groups -OCH3 is 2. The first kappa shape index (κ1) is 16.7. The van der Waals surface area contributed by atoms with Gasteiger partial charge in [0.05, 0.1) is 19.9 Å². The molecule has 0 aliphatic heterocycles. The molecule has 0 saturated heterocycles. The third-order valence-electron chi connectivity index (χ3n) is 4.05. The van der Waals surface area contributed by atoms with Gasteiger partial charge in [0.25, 0.3) is 0 Å². The topological polar surface area (TPSA) is 48.4 Å². The lowest BCUT2D eigenvalue weighted by Gasteiger charge is -2.08. The van der Waals surface area contributed by atoms with Crippen LogP contribution in [0.5, 0.6) is 11.5 Å².